The van der Waals surface area contributed by atoms with Gasteiger partial charge in [-0.05, 0) is 18.6 Å². The van der Waals surface area contributed by atoms with Crippen LogP contribution in [0.4, 0.5) is 8.78 Å². The van der Waals surface area contributed by atoms with Crippen molar-refractivity contribution in [2.45, 2.75) is 19.3 Å². The number of carboxylic acids is 1. The fourth-order valence-corrected chi connectivity index (χ4v) is 1.47. The molecule has 108 valence electrons. The van der Waals surface area contributed by atoms with Gasteiger partial charge in [0, 0.05) is 18.9 Å². The molecule has 0 aliphatic rings. The summed E-state index contributed by atoms with van der Waals surface area (Å²) in [6.07, 6.45) is 0.0553. The van der Waals surface area contributed by atoms with Gasteiger partial charge in [0.05, 0.1) is 12.1 Å². The summed E-state index contributed by atoms with van der Waals surface area (Å²) in [5.74, 6) is -4.00. The monoisotopic (exact) mass is 285 g/mol. The maximum atomic E-state index is 13.3. The van der Waals surface area contributed by atoms with E-state index in [0.29, 0.717) is 6.07 Å². The van der Waals surface area contributed by atoms with E-state index in [0.717, 1.165) is 12.1 Å². The number of nitrogens with one attached hydrogen (secondary N) is 1. The number of rotatable bonds is 7. The number of amides is 1. The summed E-state index contributed by atoms with van der Waals surface area (Å²) in [6.45, 7) is -0.324. The molecule has 0 aliphatic carbocycles. The first-order chi connectivity index (χ1) is 9.40. The summed E-state index contributed by atoms with van der Waals surface area (Å²) < 4.78 is 25.9. The van der Waals surface area contributed by atoms with Gasteiger partial charge in [-0.25, -0.2) is 8.78 Å². The molecule has 0 aromatic heterocycles. The molecule has 0 spiro atoms. The van der Waals surface area contributed by atoms with Crippen LogP contribution >= 0.6 is 0 Å². The zero-order valence-corrected chi connectivity index (χ0v) is 10.5. The number of carbonyl (C=O) groups is 3. The van der Waals surface area contributed by atoms with E-state index in [-0.39, 0.29) is 37.2 Å². The number of Topliss-reactive ketones (excluding diaryl/α,β-unsaturated/α-hetero) is 1. The molecule has 0 saturated carbocycles. The van der Waals surface area contributed by atoms with Crippen molar-refractivity contribution < 1.29 is 28.3 Å². The first-order valence-corrected chi connectivity index (χ1v) is 5.87. The number of aliphatic carboxylic acids is 1. The van der Waals surface area contributed by atoms with Crippen molar-refractivity contribution in [3.63, 3.8) is 0 Å². The number of ketones is 1. The highest BCUT2D eigenvalue weighted by Crippen LogP contribution is 2.09. The largest absolute Gasteiger partial charge is 0.481 e. The molecule has 2 N–H and O–H groups in total. The molecule has 0 heterocycles. The van der Waals surface area contributed by atoms with Crippen molar-refractivity contribution >= 4 is 17.7 Å². The highest BCUT2D eigenvalue weighted by atomic mass is 19.1. The molecule has 0 radical (unpaired) electrons. The number of halogens is 2. The SMILES string of the molecule is O=C(O)CCCC(=O)CNC(=O)c1ccc(F)cc1F. The normalized spacial score (nSPS) is 10.1. The lowest BCUT2D eigenvalue weighted by molar-refractivity contribution is -0.137. The Bertz CT molecular complexity index is 531. The average Bonchev–Trinajstić information content (AvgIpc) is 2.35. The van der Waals surface area contributed by atoms with Gasteiger partial charge in [-0.2, -0.15) is 0 Å². The van der Waals surface area contributed by atoms with Crippen LogP contribution in [0.3, 0.4) is 0 Å². The highest BCUT2D eigenvalue weighted by Gasteiger charge is 2.13. The molecular weight excluding hydrogens is 272 g/mol. The summed E-state index contributed by atoms with van der Waals surface area (Å²) in [5.41, 5.74) is -0.357. The Morgan fingerprint density at radius 3 is 2.45 bits per heavy atom. The molecule has 0 fully saturated rings. The Balaban J connectivity index is 2.43. The first-order valence-electron chi connectivity index (χ1n) is 5.87. The number of carboxylic acid groups (broad SMARTS) is 1. The zero-order chi connectivity index (χ0) is 15.1. The quantitative estimate of drug-likeness (QED) is 0.795. The van der Waals surface area contributed by atoms with Gasteiger partial charge in [0.15, 0.2) is 5.78 Å². The number of carbonyl (C=O) groups excluding carboxylic acids is 2. The minimum absolute atomic E-state index is 0.0124. The molecule has 1 amide bonds. The third-order valence-electron chi connectivity index (χ3n) is 2.47. The summed E-state index contributed by atoms with van der Waals surface area (Å²) in [4.78, 5) is 33.1. The Hall–Kier alpha value is -2.31. The molecule has 20 heavy (non-hydrogen) atoms. The maximum absolute atomic E-state index is 13.3. The van der Waals surface area contributed by atoms with Crippen LogP contribution < -0.4 is 5.32 Å². The predicted molar refractivity (Wildman–Crippen MR) is 65.2 cm³/mol. The van der Waals surface area contributed by atoms with Crippen LogP contribution in [0, 0.1) is 11.6 Å². The Morgan fingerprint density at radius 2 is 1.85 bits per heavy atom. The van der Waals surface area contributed by atoms with Gasteiger partial charge in [-0.3, -0.25) is 14.4 Å². The van der Waals surface area contributed by atoms with E-state index in [1.54, 1.807) is 0 Å². The lowest BCUT2D eigenvalue weighted by atomic mass is 10.1. The van der Waals surface area contributed by atoms with Gasteiger partial charge in [-0.15, -0.1) is 0 Å². The third-order valence-corrected chi connectivity index (χ3v) is 2.47. The van der Waals surface area contributed by atoms with Gasteiger partial charge >= 0.3 is 5.97 Å². The Labute approximate surface area is 113 Å². The minimum Gasteiger partial charge on any atom is -0.481 e. The summed E-state index contributed by atoms with van der Waals surface area (Å²) >= 11 is 0. The van der Waals surface area contributed by atoms with E-state index >= 15 is 0 Å². The fraction of sp³-hybridized carbons (Fsp3) is 0.308. The van der Waals surface area contributed by atoms with Gasteiger partial charge in [-0.1, -0.05) is 0 Å². The van der Waals surface area contributed by atoms with Gasteiger partial charge in [0.25, 0.3) is 5.91 Å². The van der Waals surface area contributed by atoms with Crippen LogP contribution in [0.15, 0.2) is 18.2 Å². The van der Waals surface area contributed by atoms with E-state index in [2.05, 4.69) is 5.32 Å². The molecule has 0 aliphatic heterocycles. The zero-order valence-electron chi connectivity index (χ0n) is 10.5. The molecular formula is C13H13F2NO4. The molecule has 1 aromatic rings. The number of hydrogen-bond acceptors (Lipinski definition) is 3. The van der Waals surface area contributed by atoms with Crippen LogP contribution in [-0.4, -0.2) is 29.3 Å². The maximum Gasteiger partial charge on any atom is 0.303 e. The van der Waals surface area contributed by atoms with Crippen molar-refractivity contribution in [1.29, 1.82) is 0 Å². The molecule has 7 heteroatoms. The average molecular weight is 285 g/mol. The molecule has 1 aromatic carbocycles. The summed E-state index contributed by atoms with van der Waals surface area (Å²) in [6, 6.07) is 2.49. The topological polar surface area (TPSA) is 83.5 Å². The van der Waals surface area contributed by atoms with Crippen molar-refractivity contribution in [3.8, 4) is 0 Å². The van der Waals surface area contributed by atoms with Crippen LogP contribution in [0.25, 0.3) is 0 Å². The lowest BCUT2D eigenvalue weighted by Gasteiger charge is -2.05. The second kappa shape index (κ2) is 7.32. The molecule has 1 rings (SSSR count). The van der Waals surface area contributed by atoms with Crippen molar-refractivity contribution in [2.75, 3.05) is 6.54 Å². The van der Waals surface area contributed by atoms with Crippen molar-refractivity contribution in [3.05, 3.63) is 35.4 Å². The second-order valence-corrected chi connectivity index (χ2v) is 4.09. The van der Waals surface area contributed by atoms with E-state index < -0.39 is 23.5 Å². The minimum atomic E-state index is -1.01. The molecule has 0 saturated heterocycles. The molecule has 0 atom stereocenters. The van der Waals surface area contributed by atoms with E-state index in [1.165, 1.54) is 0 Å². The molecule has 0 unspecified atom stereocenters. The van der Waals surface area contributed by atoms with Gasteiger partial charge < -0.3 is 10.4 Å². The predicted octanol–water partition coefficient (Wildman–Crippen LogP) is 1.52. The Morgan fingerprint density at radius 1 is 1.15 bits per heavy atom. The van der Waals surface area contributed by atoms with E-state index in [4.69, 9.17) is 5.11 Å². The van der Waals surface area contributed by atoms with Crippen LogP contribution in [0.1, 0.15) is 29.6 Å². The van der Waals surface area contributed by atoms with Crippen LogP contribution in [0.2, 0.25) is 0 Å². The third kappa shape index (κ3) is 5.13. The van der Waals surface area contributed by atoms with Crippen LogP contribution in [0.5, 0.6) is 0 Å². The number of hydrogen-bond donors (Lipinski definition) is 2. The summed E-state index contributed by atoms with van der Waals surface area (Å²) in [5, 5.41) is 10.6. The van der Waals surface area contributed by atoms with Crippen molar-refractivity contribution in [2.24, 2.45) is 0 Å². The van der Waals surface area contributed by atoms with E-state index in [9.17, 15) is 23.2 Å². The van der Waals surface area contributed by atoms with E-state index in [1.807, 2.05) is 0 Å². The van der Waals surface area contributed by atoms with Gasteiger partial charge in [0.2, 0.25) is 0 Å². The number of benzene rings is 1. The highest BCUT2D eigenvalue weighted by molar-refractivity contribution is 5.96. The molecule has 5 nitrogen and oxygen atoms in total. The van der Waals surface area contributed by atoms with Crippen molar-refractivity contribution in [1.82, 2.24) is 5.32 Å². The van der Waals surface area contributed by atoms with Crippen LogP contribution in [-0.2, 0) is 9.59 Å². The first kappa shape index (κ1) is 15.7. The standard InChI is InChI=1S/C13H13F2NO4/c14-8-4-5-10(11(15)6-8)13(20)16-7-9(17)2-1-3-12(18)19/h4-6H,1-3,7H2,(H,16,20)(H,18,19). The summed E-state index contributed by atoms with van der Waals surface area (Å²) in [7, 11) is 0. The lowest BCUT2D eigenvalue weighted by Crippen LogP contribution is -2.30. The molecule has 0 bridgehead atoms. The smallest absolute Gasteiger partial charge is 0.303 e. The fourth-order valence-electron chi connectivity index (χ4n) is 1.47. The second-order valence-electron chi connectivity index (χ2n) is 4.09. The Kier molecular flexibility index (Phi) is 5.76. The van der Waals surface area contributed by atoms with Gasteiger partial charge in [0.1, 0.15) is 11.6 Å².